The fourth-order valence-corrected chi connectivity index (χ4v) is 5.41. The number of sulfonamides is 1. The molecule has 0 radical (unpaired) electrons. The zero-order valence-electron chi connectivity index (χ0n) is 23.5. The van der Waals surface area contributed by atoms with Crippen molar-refractivity contribution in [1.29, 1.82) is 0 Å². The van der Waals surface area contributed by atoms with Crippen LogP contribution >= 0.6 is 23.2 Å². The summed E-state index contributed by atoms with van der Waals surface area (Å²) in [5.41, 5.74) is 0.857. The Morgan fingerprint density at radius 2 is 1.59 bits per heavy atom. The third-order valence-electron chi connectivity index (χ3n) is 6.21. The minimum Gasteiger partial charge on any atom is -0.457 e. The SMILES string of the molecule is CC[C@@H](C(=O)NCC(C)C)N(Cc1ccc(Cl)cc1Cl)C(=O)CN(c1ccc(Oc2ccccc2)cc1)S(C)(=O)=O. The average Bonchev–Trinajstić information content (AvgIpc) is 2.92. The molecule has 8 nitrogen and oxygen atoms in total. The van der Waals surface area contributed by atoms with Crippen molar-refractivity contribution in [2.24, 2.45) is 5.92 Å². The van der Waals surface area contributed by atoms with Gasteiger partial charge in [0.05, 0.1) is 11.9 Å². The highest BCUT2D eigenvalue weighted by Crippen LogP contribution is 2.27. The Bertz CT molecular complexity index is 1430. The lowest BCUT2D eigenvalue weighted by Gasteiger charge is -2.33. The predicted octanol–water partition coefficient (Wildman–Crippen LogP) is 6.13. The number of anilines is 1. The van der Waals surface area contributed by atoms with Crippen LogP contribution in [0.4, 0.5) is 5.69 Å². The second-order valence-corrected chi connectivity index (χ2v) is 12.7. The molecule has 0 spiro atoms. The molecule has 0 saturated carbocycles. The van der Waals surface area contributed by atoms with Gasteiger partial charge in [-0.05, 0) is 66.4 Å². The van der Waals surface area contributed by atoms with Crippen LogP contribution in [-0.2, 0) is 26.2 Å². The Morgan fingerprint density at radius 1 is 0.951 bits per heavy atom. The molecule has 3 rings (SSSR count). The molecular formula is C30H35Cl2N3O5S. The van der Waals surface area contributed by atoms with Crippen molar-refractivity contribution in [2.75, 3.05) is 23.7 Å². The Morgan fingerprint density at radius 3 is 2.15 bits per heavy atom. The first-order valence-corrected chi connectivity index (χ1v) is 15.8. The van der Waals surface area contributed by atoms with Crippen LogP contribution in [0.25, 0.3) is 0 Å². The lowest BCUT2D eigenvalue weighted by molar-refractivity contribution is -0.140. The number of hydrogen-bond donors (Lipinski definition) is 1. The van der Waals surface area contributed by atoms with E-state index in [2.05, 4.69) is 5.32 Å². The van der Waals surface area contributed by atoms with Crippen LogP contribution in [0.3, 0.4) is 0 Å². The summed E-state index contributed by atoms with van der Waals surface area (Å²) in [4.78, 5) is 28.4. The standard InChI is InChI=1S/C30H35Cl2N3O5S/c1-5-28(30(37)33-18-21(2)3)34(19-22-11-12-23(31)17-27(22)32)29(36)20-35(41(4,38)39)24-13-15-26(16-14-24)40-25-9-7-6-8-10-25/h6-17,21,28H,5,18-20H2,1-4H3,(H,33,37)/t28-/m0/s1. The van der Waals surface area contributed by atoms with E-state index >= 15 is 0 Å². The first-order valence-electron chi connectivity index (χ1n) is 13.2. The molecular weight excluding hydrogens is 585 g/mol. The minimum absolute atomic E-state index is 0.0100. The zero-order chi connectivity index (χ0) is 30.2. The van der Waals surface area contributed by atoms with Gasteiger partial charge in [-0.3, -0.25) is 13.9 Å². The molecule has 0 saturated heterocycles. The maximum absolute atomic E-state index is 13.9. The van der Waals surface area contributed by atoms with Gasteiger partial charge >= 0.3 is 0 Å². The van der Waals surface area contributed by atoms with Gasteiger partial charge in [0.1, 0.15) is 24.1 Å². The number of rotatable bonds is 13. The van der Waals surface area contributed by atoms with Gasteiger partial charge in [0, 0.05) is 23.1 Å². The Balaban J connectivity index is 1.91. The van der Waals surface area contributed by atoms with Crippen LogP contribution < -0.4 is 14.4 Å². The normalized spacial score (nSPS) is 12.1. The number of nitrogens with zero attached hydrogens (tertiary/aromatic N) is 2. The molecule has 41 heavy (non-hydrogen) atoms. The molecule has 1 N–H and O–H groups in total. The topological polar surface area (TPSA) is 96.0 Å². The van der Waals surface area contributed by atoms with Gasteiger partial charge in [-0.2, -0.15) is 0 Å². The number of halogens is 2. The number of ether oxygens (including phenoxy) is 1. The molecule has 2 amide bonds. The molecule has 0 heterocycles. The maximum atomic E-state index is 13.9. The van der Waals surface area contributed by atoms with E-state index in [1.165, 1.54) is 4.90 Å². The summed E-state index contributed by atoms with van der Waals surface area (Å²) >= 11 is 12.5. The molecule has 3 aromatic rings. The highest BCUT2D eigenvalue weighted by atomic mass is 35.5. The number of nitrogens with one attached hydrogen (secondary N) is 1. The number of carbonyl (C=O) groups excluding carboxylic acids is 2. The number of carbonyl (C=O) groups is 2. The van der Waals surface area contributed by atoms with Crippen molar-refractivity contribution in [3.63, 3.8) is 0 Å². The third-order valence-corrected chi connectivity index (χ3v) is 7.94. The fourth-order valence-electron chi connectivity index (χ4n) is 4.09. The van der Waals surface area contributed by atoms with Gasteiger partial charge in [-0.15, -0.1) is 0 Å². The molecule has 220 valence electrons. The summed E-state index contributed by atoms with van der Waals surface area (Å²) < 4.78 is 32.6. The van der Waals surface area contributed by atoms with E-state index in [1.54, 1.807) is 61.5 Å². The lowest BCUT2D eigenvalue weighted by atomic mass is 10.1. The van der Waals surface area contributed by atoms with E-state index < -0.39 is 28.5 Å². The summed E-state index contributed by atoms with van der Waals surface area (Å²) in [6.45, 7) is 5.64. The quantitative estimate of drug-likeness (QED) is 0.248. The molecule has 1 atom stereocenters. The van der Waals surface area contributed by atoms with Crippen LogP contribution in [0.15, 0.2) is 72.8 Å². The van der Waals surface area contributed by atoms with E-state index in [1.807, 2.05) is 32.0 Å². The fraction of sp³-hybridized carbons (Fsp3) is 0.333. The third kappa shape index (κ3) is 9.38. The number of amides is 2. The van der Waals surface area contributed by atoms with Gasteiger partial charge in [0.2, 0.25) is 21.8 Å². The largest absolute Gasteiger partial charge is 0.457 e. The van der Waals surface area contributed by atoms with Gasteiger partial charge in [-0.25, -0.2) is 8.42 Å². The molecule has 11 heteroatoms. The number of benzene rings is 3. The molecule has 0 aliphatic heterocycles. The zero-order valence-corrected chi connectivity index (χ0v) is 25.8. The molecule has 0 aromatic heterocycles. The van der Waals surface area contributed by atoms with Crippen molar-refractivity contribution >= 4 is 50.7 Å². The number of para-hydroxylation sites is 1. The Kier molecular flexibility index (Phi) is 11.5. The van der Waals surface area contributed by atoms with E-state index in [0.29, 0.717) is 40.1 Å². The molecule has 3 aromatic carbocycles. The minimum atomic E-state index is -3.88. The smallest absolute Gasteiger partial charge is 0.244 e. The van der Waals surface area contributed by atoms with E-state index in [-0.39, 0.29) is 24.1 Å². The van der Waals surface area contributed by atoms with E-state index in [0.717, 1.165) is 10.6 Å². The highest BCUT2D eigenvalue weighted by molar-refractivity contribution is 7.92. The molecule has 0 aliphatic rings. The van der Waals surface area contributed by atoms with Crippen molar-refractivity contribution in [3.05, 3.63) is 88.4 Å². The molecule has 0 unspecified atom stereocenters. The summed E-state index contributed by atoms with van der Waals surface area (Å²) in [5, 5.41) is 3.65. The Hall–Kier alpha value is -3.27. The van der Waals surface area contributed by atoms with E-state index in [9.17, 15) is 18.0 Å². The summed E-state index contributed by atoms with van der Waals surface area (Å²) in [6, 6.07) is 19.6. The first kappa shape index (κ1) is 32.2. The molecule has 0 bridgehead atoms. The number of hydrogen-bond acceptors (Lipinski definition) is 5. The molecule has 0 aliphatic carbocycles. The van der Waals surface area contributed by atoms with Gasteiger partial charge in [0.25, 0.3) is 0 Å². The van der Waals surface area contributed by atoms with Gasteiger partial charge in [0.15, 0.2) is 0 Å². The summed E-state index contributed by atoms with van der Waals surface area (Å²) in [7, 11) is -3.88. The average molecular weight is 621 g/mol. The van der Waals surface area contributed by atoms with Crippen molar-refractivity contribution in [1.82, 2.24) is 10.2 Å². The van der Waals surface area contributed by atoms with Crippen LogP contribution in [0.5, 0.6) is 11.5 Å². The maximum Gasteiger partial charge on any atom is 0.244 e. The van der Waals surface area contributed by atoms with Crippen LogP contribution in [0, 0.1) is 5.92 Å². The van der Waals surface area contributed by atoms with E-state index in [4.69, 9.17) is 27.9 Å². The molecule has 0 fully saturated rings. The van der Waals surface area contributed by atoms with Gasteiger partial charge in [-0.1, -0.05) is 68.2 Å². The Labute approximate surface area is 252 Å². The summed E-state index contributed by atoms with van der Waals surface area (Å²) in [6.07, 6.45) is 1.34. The second-order valence-electron chi connectivity index (χ2n) is 10.00. The second kappa shape index (κ2) is 14.6. The van der Waals surface area contributed by atoms with Crippen LogP contribution in [0.1, 0.15) is 32.8 Å². The highest BCUT2D eigenvalue weighted by Gasteiger charge is 2.32. The van der Waals surface area contributed by atoms with Crippen molar-refractivity contribution < 1.29 is 22.7 Å². The predicted molar refractivity (Wildman–Crippen MR) is 164 cm³/mol. The lowest BCUT2D eigenvalue weighted by Crippen LogP contribution is -2.52. The van der Waals surface area contributed by atoms with Crippen molar-refractivity contribution in [2.45, 2.75) is 39.8 Å². The van der Waals surface area contributed by atoms with Crippen LogP contribution in [0.2, 0.25) is 10.0 Å². The van der Waals surface area contributed by atoms with Gasteiger partial charge < -0.3 is 15.0 Å². The van der Waals surface area contributed by atoms with Crippen molar-refractivity contribution in [3.8, 4) is 11.5 Å². The monoisotopic (exact) mass is 619 g/mol. The first-order chi connectivity index (χ1) is 19.4. The summed E-state index contributed by atoms with van der Waals surface area (Å²) in [5.74, 6) is 0.464. The van der Waals surface area contributed by atoms with Crippen LogP contribution in [-0.4, -0.2) is 50.5 Å².